The largest absolute Gasteiger partial charge is 0.571 e. The molecule has 0 radical (unpaired) electrons. The minimum Gasteiger partial charge on any atom is -0.571 e. The van der Waals surface area contributed by atoms with Crippen molar-refractivity contribution in [3.05, 3.63) is 100 Å². The summed E-state index contributed by atoms with van der Waals surface area (Å²) < 4.78 is 22.5. The first kappa shape index (κ1) is 34.0. The van der Waals surface area contributed by atoms with E-state index in [4.69, 9.17) is 18.9 Å². The standard InChI is InChI=1S/C36H34O15/c37-13-25-29(44)31(46)32(47)36(50-25)49-24-11-19-20(41)12-22(43)27(35(19)51-33(24)14-1-5-16(38)6-2-14)28-26-21(42)9-18(40)10-23(26)48-34(30(28)45)15-3-7-17(39)8-4-15/h1-12,25,28-34,36-47H,13H2/p+1/t25-,28?,29-,30-,31+,32-,33?,34-,36-/m1/s1. The van der Waals surface area contributed by atoms with Crippen LogP contribution in [-0.2, 0) is 9.47 Å². The molecule has 3 heterocycles. The van der Waals surface area contributed by atoms with Gasteiger partial charge in [-0.3, -0.25) is 0 Å². The number of phenolic OH excluding ortho intramolecular Hbond substituents is 6. The maximum atomic E-state index is 12.0. The summed E-state index contributed by atoms with van der Waals surface area (Å²) in [5.74, 6) is -3.43. The van der Waals surface area contributed by atoms with Gasteiger partial charge in [-0.25, -0.2) is 0 Å². The molecule has 0 aromatic heterocycles. The molecule has 0 amide bonds. The molecule has 268 valence electrons. The second kappa shape index (κ2) is 13.0. The molecule has 0 saturated carbocycles. The molecule has 0 aliphatic carbocycles. The summed E-state index contributed by atoms with van der Waals surface area (Å²) in [6, 6.07) is 14.8. The number of benzene rings is 4. The average Bonchev–Trinajstić information content (AvgIpc) is 3.10. The molecule has 0 bridgehead atoms. The smallest absolute Gasteiger partial charge is 0.274 e. The van der Waals surface area contributed by atoms with E-state index in [0.29, 0.717) is 11.1 Å². The molecule has 3 aliphatic heterocycles. The minimum atomic E-state index is -1.79. The van der Waals surface area contributed by atoms with Gasteiger partial charge in [0.25, 0.3) is 11.9 Å². The van der Waals surface area contributed by atoms with Crippen molar-refractivity contribution in [3.63, 3.8) is 0 Å². The molecule has 3 aliphatic rings. The number of aromatic hydroxyl groups is 7. The van der Waals surface area contributed by atoms with Gasteiger partial charge in [0.15, 0.2) is 11.9 Å². The molecule has 9 atom stereocenters. The van der Waals surface area contributed by atoms with E-state index in [-0.39, 0.29) is 51.2 Å². The Morgan fingerprint density at radius 2 is 1.27 bits per heavy atom. The normalized spacial score (nSPS) is 28.4. The highest BCUT2D eigenvalue weighted by Gasteiger charge is 2.49. The van der Waals surface area contributed by atoms with Gasteiger partial charge < -0.3 is 75.1 Å². The fraction of sp³-hybridized carbons (Fsp3) is 0.278. The van der Waals surface area contributed by atoms with E-state index >= 15 is 0 Å². The van der Waals surface area contributed by atoms with Gasteiger partial charge in [-0.15, -0.1) is 0 Å². The second-order valence-corrected chi connectivity index (χ2v) is 12.6. The van der Waals surface area contributed by atoms with Gasteiger partial charge in [-0.05, 0) is 42.0 Å². The van der Waals surface area contributed by atoms with Crippen molar-refractivity contribution in [1.29, 1.82) is 0 Å². The molecule has 1 saturated heterocycles. The molecule has 4 aromatic carbocycles. The molecule has 0 spiro atoms. The molecular formula is C36H35O15+. The lowest BCUT2D eigenvalue weighted by atomic mass is 9.78. The fourth-order valence-electron chi connectivity index (χ4n) is 6.77. The van der Waals surface area contributed by atoms with Crippen LogP contribution in [0.15, 0.2) is 72.5 Å². The van der Waals surface area contributed by atoms with Crippen LogP contribution >= 0.6 is 0 Å². The summed E-state index contributed by atoms with van der Waals surface area (Å²) in [7, 11) is 0. The van der Waals surface area contributed by atoms with Gasteiger partial charge in [-0.1, -0.05) is 12.1 Å². The van der Waals surface area contributed by atoms with E-state index in [0.717, 1.165) is 12.1 Å². The molecular weight excluding hydrogens is 672 g/mol. The summed E-state index contributed by atoms with van der Waals surface area (Å²) >= 11 is 0. The molecule has 15 nitrogen and oxygen atoms in total. The first-order valence-corrected chi connectivity index (χ1v) is 15.8. The minimum absolute atomic E-state index is 0.0118. The summed E-state index contributed by atoms with van der Waals surface area (Å²) in [6.45, 7) is -0.716. The van der Waals surface area contributed by atoms with Crippen LogP contribution < -0.4 is 4.74 Å². The first-order valence-electron chi connectivity index (χ1n) is 15.8. The maximum Gasteiger partial charge on any atom is 0.274 e. The van der Waals surface area contributed by atoms with E-state index in [1.54, 1.807) is 0 Å². The van der Waals surface area contributed by atoms with E-state index in [1.165, 1.54) is 60.7 Å². The summed E-state index contributed by atoms with van der Waals surface area (Å²) in [5.41, 5.74) is 0.696. The predicted octanol–water partition coefficient (Wildman–Crippen LogP) is 1.70. The van der Waals surface area contributed by atoms with Gasteiger partial charge in [0, 0.05) is 29.8 Å². The molecule has 7 rings (SSSR count). The summed E-state index contributed by atoms with van der Waals surface area (Å²) in [5, 5.41) is 117. The zero-order valence-corrected chi connectivity index (χ0v) is 26.4. The molecule has 1 fully saturated rings. The van der Waals surface area contributed by atoms with Gasteiger partial charge in [0.2, 0.25) is 6.29 Å². The zero-order chi connectivity index (χ0) is 36.3. The SMILES string of the molecule is OC[C@H]1O[C@@H](OC2=Cc3c(O)cc(O)c(C4c5c(O)cc(O)cc5O[C@H](c5ccc(O)cc5)[C@@H]4O)c3[OH+]C2c2ccc(O)cc2)[C@H](O)[C@@H](O)[C@@H]1O. The molecule has 2 unspecified atom stereocenters. The molecule has 15 heteroatoms. The van der Waals surface area contributed by atoms with E-state index in [9.17, 15) is 56.2 Å². The van der Waals surface area contributed by atoms with Crippen LogP contribution in [0.1, 0.15) is 45.9 Å². The zero-order valence-electron chi connectivity index (χ0n) is 26.4. The van der Waals surface area contributed by atoms with Crippen molar-refractivity contribution >= 4 is 6.08 Å². The lowest BCUT2D eigenvalue weighted by Gasteiger charge is -2.41. The number of rotatable bonds is 6. The number of phenols is 6. The van der Waals surface area contributed by atoms with Gasteiger partial charge in [-0.2, -0.15) is 0 Å². The number of hydrogen-bond donors (Lipinski definition) is 11. The van der Waals surface area contributed by atoms with E-state index in [2.05, 4.69) is 0 Å². The number of ether oxygens (including phenoxy) is 4. The highest BCUT2D eigenvalue weighted by molar-refractivity contribution is 5.74. The van der Waals surface area contributed by atoms with Crippen molar-refractivity contribution in [2.75, 3.05) is 6.61 Å². The Morgan fingerprint density at radius 1 is 0.647 bits per heavy atom. The first-order chi connectivity index (χ1) is 24.4. The number of aliphatic hydroxyl groups excluding tert-OH is 5. The number of hydrogen-bond acceptors (Lipinski definition) is 14. The van der Waals surface area contributed by atoms with Crippen LogP contribution in [0.25, 0.3) is 6.08 Å². The van der Waals surface area contributed by atoms with Crippen molar-refractivity contribution in [3.8, 4) is 46.0 Å². The number of fused-ring (bicyclic) bond motifs is 2. The van der Waals surface area contributed by atoms with Crippen LogP contribution in [0.3, 0.4) is 0 Å². The molecule has 4 aromatic rings. The summed E-state index contributed by atoms with van der Waals surface area (Å²) in [4.78, 5) is 0. The topological polar surface area (TPSA) is 263 Å². The Hall–Kier alpha value is -5.42. The van der Waals surface area contributed by atoms with Crippen molar-refractivity contribution in [2.45, 2.75) is 54.9 Å². The average molecular weight is 708 g/mol. The Bertz CT molecular complexity index is 1960. The van der Waals surface area contributed by atoms with Crippen LogP contribution in [0.5, 0.6) is 46.0 Å². The van der Waals surface area contributed by atoms with Crippen LogP contribution in [0.4, 0.5) is 0 Å². The lowest BCUT2D eigenvalue weighted by Crippen LogP contribution is -2.59. The predicted molar refractivity (Wildman–Crippen MR) is 174 cm³/mol. The van der Waals surface area contributed by atoms with E-state index in [1.807, 2.05) is 0 Å². The third-order valence-electron chi connectivity index (χ3n) is 9.31. The van der Waals surface area contributed by atoms with E-state index < -0.39 is 78.8 Å². The third kappa shape index (κ3) is 5.95. The Labute approximate surface area is 288 Å². The fourth-order valence-corrected chi connectivity index (χ4v) is 6.77. The molecule has 12 N–H and O–H groups in total. The highest BCUT2D eigenvalue weighted by Crippen LogP contribution is 2.58. The van der Waals surface area contributed by atoms with Crippen molar-refractivity contribution < 1.29 is 75.1 Å². The Morgan fingerprint density at radius 3 is 1.92 bits per heavy atom. The number of aliphatic hydroxyl groups is 6. The quantitative estimate of drug-likeness (QED) is 0.128. The monoisotopic (exact) mass is 707 g/mol. The Balaban J connectivity index is 1.40. The second-order valence-electron chi connectivity index (χ2n) is 12.6. The molecule has 51 heavy (non-hydrogen) atoms. The van der Waals surface area contributed by atoms with Crippen LogP contribution in [-0.4, -0.2) is 104 Å². The lowest BCUT2D eigenvalue weighted by molar-refractivity contribution is -0.295. The van der Waals surface area contributed by atoms with Crippen molar-refractivity contribution in [2.24, 2.45) is 0 Å². The van der Waals surface area contributed by atoms with Crippen molar-refractivity contribution in [1.82, 2.24) is 0 Å². The Kier molecular flexibility index (Phi) is 8.71. The van der Waals surface area contributed by atoms with Gasteiger partial charge >= 0.3 is 0 Å². The van der Waals surface area contributed by atoms with Gasteiger partial charge in [0.1, 0.15) is 81.9 Å². The maximum absolute atomic E-state index is 12.0. The highest BCUT2D eigenvalue weighted by atomic mass is 16.7. The van der Waals surface area contributed by atoms with Gasteiger partial charge in [0.05, 0.1) is 18.1 Å². The summed E-state index contributed by atoms with van der Waals surface area (Å²) in [6.07, 6.45) is -10.7. The van der Waals surface area contributed by atoms with Crippen LogP contribution in [0.2, 0.25) is 0 Å². The third-order valence-corrected chi connectivity index (χ3v) is 9.31. The van der Waals surface area contributed by atoms with Crippen LogP contribution in [0, 0.1) is 0 Å².